The van der Waals surface area contributed by atoms with Gasteiger partial charge in [0.2, 0.25) is 0 Å². The van der Waals surface area contributed by atoms with Crippen molar-refractivity contribution in [2.45, 2.75) is 25.3 Å². The van der Waals surface area contributed by atoms with E-state index in [-0.39, 0.29) is 5.82 Å². The molecule has 1 saturated heterocycles. The van der Waals surface area contributed by atoms with Crippen LogP contribution in [0.3, 0.4) is 0 Å². The lowest BCUT2D eigenvalue weighted by Crippen LogP contribution is -2.45. The summed E-state index contributed by atoms with van der Waals surface area (Å²) in [6.07, 6.45) is 3.85. The largest absolute Gasteiger partial charge is 0.314 e. The minimum atomic E-state index is -0.145. The predicted octanol–water partition coefficient (Wildman–Crippen LogP) is 3.33. The summed E-state index contributed by atoms with van der Waals surface area (Å²) in [6.45, 7) is 4.18. The molecule has 1 aliphatic heterocycles. The summed E-state index contributed by atoms with van der Waals surface area (Å²) in [5.41, 5.74) is 1.12. The summed E-state index contributed by atoms with van der Waals surface area (Å²) >= 11 is 3.44. The molecule has 1 atom stereocenters. The predicted molar refractivity (Wildman–Crippen MR) is 78.6 cm³/mol. The fraction of sp³-hybridized carbons (Fsp3) is 0.600. The van der Waals surface area contributed by atoms with Crippen LogP contribution in [0.5, 0.6) is 0 Å². The third-order valence-corrected chi connectivity index (χ3v) is 5.02. The minimum Gasteiger partial charge on any atom is -0.314 e. The molecular weight excluding hydrogens is 307 g/mol. The van der Waals surface area contributed by atoms with Crippen LogP contribution in [0.1, 0.15) is 30.9 Å². The van der Waals surface area contributed by atoms with E-state index in [9.17, 15) is 4.39 Å². The van der Waals surface area contributed by atoms with E-state index in [4.69, 9.17) is 0 Å². The van der Waals surface area contributed by atoms with Crippen LogP contribution in [-0.4, -0.2) is 31.1 Å². The maximum atomic E-state index is 13.8. The van der Waals surface area contributed by atoms with Crippen molar-refractivity contribution in [3.05, 3.63) is 34.1 Å². The van der Waals surface area contributed by atoms with Crippen LogP contribution in [0.4, 0.5) is 4.39 Å². The first kappa shape index (κ1) is 13.5. The number of nitrogens with zero attached hydrogens (tertiary/aromatic N) is 1. The molecule has 0 aromatic heterocycles. The van der Waals surface area contributed by atoms with Gasteiger partial charge in [-0.2, -0.15) is 0 Å². The van der Waals surface area contributed by atoms with Gasteiger partial charge in [-0.25, -0.2) is 4.39 Å². The molecule has 0 bridgehead atoms. The van der Waals surface area contributed by atoms with E-state index in [2.05, 4.69) is 32.2 Å². The highest BCUT2D eigenvalue weighted by Crippen LogP contribution is 2.42. The Labute approximate surface area is 122 Å². The second-order valence-corrected chi connectivity index (χ2v) is 6.42. The summed E-state index contributed by atoms with van der Waals surface area (Å²) in [4.78, 5) is 2.51. The Morgan fingerprint density at radius 1 is 1.32 bits per heavy atom. The first-order valence-corrected chi connectivity index (χ1v) is 7.93. The number of hydrogen-bond donors (Lipinski definition) is 1. The molecule has 2 fully saturated rings. The van der Waals surface area contributed by atoms with Crippen molar-refractivity contribution >= 4 is 15.9 Å². The zero-order chi connectivity index (χ0) is 13.2. The van der Waals surface area contributed by atoms with Crippen molar-refractivity contribution in [2.75, 3.05) is 26.2 Å². The number of nitrogens with one attached hydrogen (secondary N) is 1. The van der Waals surface area contributed by atoms with Crippen LogP contribution in [0.2, 0.25) is 0 Å². The summed E-state index contributed by atoms with van der Waals surface area (Å²) < 4.78 is 14.4. The van der Waals surface area contributed by atoms with Gasteiger partial charge in [0.25, 0.3) is 0 Å². The van der Waals surface area contributed by atoms with Crippen molar-refractivity contribution in [1.82, 2.24) is 10.2 Å². The Kier molecular flexibility index (Phi) is 4.20. The van der Waals surface area contributed by atoms with Crippen LogP contribution >= 0.6 is 15.9 Å². The molecule has 1 N–H and O–H groups in total. The van der Waals surface area contributed by atoms with Gasteiger partial charge in [-0.15, -0.1) is 0 Å². The van der Waals surface area contributed by atoms with Crippen molar-refractivity contribution in [2.24, 2.45) is 5.92 Å². The van der Waals surface area contributed by atoms with Gasteiger partial charge in [0, 0.05) is 32.2 Å². The topological polar surface area (TPSA) is 15.3 Å². The smallest absolute Gasteiger partial charge is 0.137 e. The highest BCUT2D eigenvalue weighted by Gasteiger charge is 2.31. The van der Waals surface area contributed by atoms with E-state index in [0.717, 1.165) is 37.7 Å². The first-order chi connectivity index (χ1) is 9.25. The average molecular weight is 327 g/mol. The molecule has 1 aromatic rings. The van der Waals surface area contributed by atoms with E-state index in [0.29, 0.717) is 10.5 Å². The molecule has 2 aliphatic rings. The van der Waals surface area contributed by atoms with Gasteiger partial charge in [0.1, 0.15) is 5.82 Å². The minimum absolute atomic E-state index is 0.145. The quantitative estimate of drug-likeness (QED) is 0.912. The lowest BCUT2D eigenvalue weighted by Gasteiger charge is -2.36. The van der Waals surface area contributed by atoms with Gasteiger partial charge in [-0.05, 0) is 39.9 Å². The highest BCUT2D eigenvalue weighted by molar-refractivity contribution is 9.10. The lowest BCUT2D eigenvalue weighted by atomic mass is 9.98. The van der Waals surface area contributed by atoms with Gasteiger partial charge in [0.05, 0.1) is 4.47 Å². The molecule has 3 rings (SSSR count). The second kappa shape index (κ2) is 5.90. The van der Waals surface area contributed by atoms with Gasteiger partial charge < -0.3 is 5.32 Å². The van der Waals surface area contributed by atoms with Crippen LogP contribution in [0, 0.1) is 11.7 Å². The molecule has 1 heterocycles. The zero-order valence-corrected chi connectivity index (χ0v) is 12.6. The summed E-state index contributed by atoms with van der Waals surface area (Å²) in [6, 6.07) is 5.79. The number of rotatable bonds is 4. The lowest BCUT2D eigenvalue weighted by molar-refractivity contribution is 0.159. The third-order valence-electron chi connectivity index (χ3n) is 4.19. The maximum absolute atomic E-state index is 13.8. The molecule has 0 unspecified atom stereocenters. The number of benzene rings is 1. The van der Waals surface area contributed by atoms with Gasteiger partial charge >= 0.3 is 0 Å². The molecule has 1 aromatic carbocycles. The molecule has 0 amide bonds. The average Bonchev–Trinajstić information content (AvgIpc) is 3.25. The molecule has 4 heteroatoms. The van der Waals surface area contributed by atoms with E-state index >= 15 is 0 Å². The Balaban J connectivity index is 1.86. The molecular formula is C15H20BrFN2. The number of halogens is 2. The normalized spacial score (nSPS) is 22.4. The van der Waals surface area contributed by atoms with E-state index in [1.165, 1.54) is 25.3 Å². The molecule has 2 nitrogen and oxygen atoms in total. The van der Waals surface area contributed by atoms with E-state index in [1.54, 1.807) is 0 Å². The monoisotopic (exact) mass is 326 g/mol. The standard InChI is InChI=1S/C15H20BrFN2/c16-15-12(2-1-3-13(15)17)14(10-11-4-5-11)19-8-6-18-7-9-19/h1-3,11,14,18H,4-10H2/t14-/m1/s1. The maximum Gasteiger partial charge on any atom is 0.137 e. The SMILES string of the molecule is Fc1cccc([C@@H](CC2CC2)N2CCNCC2)c1Br. The van der Waals surface area contributed by atoms with E-state index in [1.807, 2.05) is 6.07 Å². The van der Waals surface area contributed by atoms with Gasteiger partial charge in [-0.1, -0.05) is 25.0 Å². The van der Waals surface area contributed by atoms with Crippen LogP contribution in [0.15, 0.2) is 22.7 Å². The van der Waals surface area contributed by atoms with Crippen molar-refractivity contribution in [1.29, 1.82) is 0 Å². The van der Waals surface area contributed by atoms with Crippen molar-refractivity contribution in [3.8, 4) is 0 Å². The highest BCUT2D eigenvalue weighted by atomic mass is 79.9. The molecule has 1 saturated carbocycles. The summed E-state index contributed by atoms with van der Waals surface area (Å²) in [5.74, 6) is 0.698. The molecule has 0 spiro atoms. The molecule has 19 heavy (non-hydrogen) atoms. The third kappa shape index (κ3) is 3.18. The molecule has 0 radical (unpaired) electrons. The Hall–Kier alpha value is -0.450. The first-order valence-electron chi connectivity index (χ1n) is 7.14. The van der Waals surface area contributed by atoms with Gasteiger partial charge in [-0.3, -0.25) is 4.90 Å². The molecule has 104 valence electrons. The summed E-state index contributed by atoms with van der Waals surface area (Å²) in [5, 5.41) is 3.39. The Bertz CT molecular complexity index is 442. The van der Waals surface area contributed by atoms with Crippen molar-refractivity contribution in [3.63, 3.8) is 0 Å². The van der Waals surface area contributed by atoms with Crippen molar-refractivity contribution < 1.29 is 4.39 Å². The fourth-order valence-electron chi connectivity index (χ4n) is 2.91. The van der Waals surface area contributed by atoms with E-state index < -0.39 is 0 Å². The Morgan fingerprint density at radius 2 is 2.05 bits per heavy atom. The fourth-order valence-corrected chi connectivity index (χ4v) is 3.44. The number of piperazine rings is 1. The van der Waals surface area contributed by atoms with Crippen LogP contribution in [-0.2, 0) is 0 Å². The Morgan fingerprint density at radius 3 is 2.74 bits per heavy atom. The summed E-state index contributed by atoms with van der Waals surface area (Å²) in [7, 11) is 0. The van der Waals surface area contributed by atoms with Gasteiger partial charge in [0.15, 0.2) is 0 Å². The zero-order valence-electron chi connectivity index (χ0n) is 11.0. The van der Waals surface area contributed by atoms with Crippen LogP contribution in [0.25, 0.3) is 0 Å². The second-order valence-electron chi connectivity index (χ2n) is 5.62. The number of hydrogen-bond acceptors (Lipinski definition) is 2. The molecule has 1 aliphatic carbocycles. The van der Waals surface area contributed by atoms with Crippen LogP contribution < -0.4 is 5.32 Å².